The van der Waals surface area contributed by atoms with Gasteiger partial charge in [-0.2, -0.15) is 0 Å². The molecule has 2 amide bonds. The summed E-state index contributed by atoms with van der Waals surface area (Å²) in [5, 5.41) is 3.32. The number of rotatable bonds is 4. The third-order valence-corrected chi connectivity index (χ3v) is 4.25. The molecule has 7 heteroatoms. The van der Waals surface area contributed by atoms with Crippen LogP contribution in [0.2, 0.25) is 5.02 Å². The molecule has 0 aliphatic carbocycles. The van der Waals surface area contributed by atoms with Crippen LogP contribution in [0.25, 0.3) is 0 Å². The van der Waals surface area contributed by atoms with Crippen molar-refractivity contribution in [1.29, 1.82) is 0 Å². The molecule has 1 aliphatic rings. The molecule has 0 unspecified atom stereocenters. The zero-order valence-electron chi connectivity index (χ0n) is 13.8. The summed E-state index contributed by atoms with van der Waals surface area (Å²) in [6, 6.07) is 3.08. The minimum atomic E-state index is -0.274. The summed E-state index contributed by atoms with van der Waals surface area (Å²) >= 11 is 5.78. The lowest BCUT2D eigenvalue weighted by atomic mass is 10.1. The van der Waals surface area contributed by atoms with E-state index in [1.165, 1.54) is 6.20 Å². The third-order valence-electron chi connectivity index (χ3n) is 4.03. The number of anilines is 1. The number of hydrogen-bond donors (Lipinski definition) is 1. The van der Waals surface area contributed by atoms with E-state index >= 15 is 0 Å². The number of hydrogen-bond acceptors (Lipinski definition) is 4. The highest BCUT2D eigenvalue weighted by Crippen LogP contribution is 2.13. The van der Waals surface area contributed by atoms with E-state index in [1.807, 2.05) is 25.7 Å². The number of nitrogens with zero attached hydrogens (tertiary/aromatic N) is 3. The van der Waals surface area contributed by atoms with Crippen molar-refractivity contribution in [1.82, 2.24) is 14.8 Å². The van der Waals surface area contributed by atoms with Crippen molar-refractivity contribution in [2.24, 2.45) is 5.92 Å². The molecule has 1 N–H and O–H groups in total. The summed E-state index contributed by atoms with van der Waals surface area (Å²) in [6.45, 7) is 8.39. The zero-order chi connectivity index (χ0) is 17.0. The lowest BCUT2D eigenvalue weighted by molar-refractivity contribution is -0.136. The van der Waals surface area contributed by atoms with Gasteiger partial charge in [-0.15, -0.1) is 0 Å². The van der Waals surface area contributed by atoms with Crippen molar-refractivity contribution in [3.05, 3.63) is 23.4 Å². The fourth-order valence-corrected chi connectivity index (χ4v) is 2.65. The average Bonchev–Trinajstić information content (AvgIpc) is 2.55. The summed E-state index contributed by atoms with van der Waals surface area (Å²) < 4.78 is 0. The summed E-state index contributed by atoms with van der Waals surface area (Å²) in [6.07, 6.45) is 1.50. The highest BCUT2D eigenvalue weighted by molar-refractivity contribution is 6.30. The second kappa shape index (κ2) is 7.75. The van der Waals surface area contributed by atoms with E-state index in [0.29, 0.717) is 37.0 Å². The predicted octanol–water partition coefficient (Wildman–Crippen LogP) is 1.86. The molecule has 0 spiro atoms. The van der Waals surface area contributed by atoms with E-state index in [-0.39, 0.29) is 23.8 Å². The Balaban J connectivity index is 1.86. The van der Waals surface area contributed by atoms with Gasteiger partial charge >= 0.3 is 0 Å². The molecular formula is C16H23ClN4O2. The van der Waals surface area contributed by atoms with Gasteiger partial charge in [0.05, 0.1) is 11.1 Å². The van der Waals surface area contributed by atoms with Crippen LogP contribution >= 0.6 is 11.6 Å². The van der Waals surface area contributed by atoms with Gasteiger partial charge in [0.25, 0.3) is 0 Å². The van der Waals surface area contributed by atoms with E-state index in [4.69, 9.17) is 11.6 Å². The number of pyridine rings is 1. The second-order valence-corrected chi connectivity index (χ2v) is 6.48. The smallest absolute Gasteiger partial charge is 0.242 e. The topological polar surface area (TPSA) is 65.5 Å². The Labute approximate surface area is 141 Å². The molecule has 2 rings (SSSR count). The van der Waals surface area contributed by atoms with E-state index in [1.54, 1.807) is 12.1 Å². The van der Waals surface area contributed by atoms with Crippen LogP contribution in [-0.4, -0.2) is 58.8 Å². The van der Waals surface area contributed by atoms with E-state index in [0.717, 1.165) is 0 Å². The molecule has 1 fully saturated rings. The number of halogens is 1. The van der Waals surface area contributed by atoms with Crippen LogP contribution in [0.5, 0.6) is 0 Å². The SMILES string of the molecule is CC(C)C(=O)N1CCN([C@H](C)C(=O)Nc2ccc(Cl)cn2)CC1. The predicted molar refractivity (Wildman–Crippen MR) is 90.3 cm³/mol. The maximum atomic E-state index is 12.3. The highest BCUT2D eigenvalue weighted by Gasteiger charge is 2.28. The minimum absolute atomic E-state index is 0.0123. The van der Waals surface area contributed by atoms with Gasteiger partial charge in [-0.3, -0.25) is 14.5 Å². The maximum absolute atomic E-state index is 12.3. The zero-order valence-corrected chi connectivity index (χ0v) is 14.5. The summed E-state index contributed by atoms with van der Waals surface area (Å²) in [4.78, 5) is 32.3. The molecule has 0 radical (unpaired) electrons. The first kappa shape index (κ1) is 17.7. The molecule has 126 valence electrons. The van der Waals surface area contributed by atoms with Gasteiger partial charge in [0, 0.05) is 38.3 Å². The molecule has 1 aromatic heterocycles. The van der Waals surface area contributed by atoms with Gasteiger partial charge < -0.3 is 10.2 Å². The Morgan fingerprint density at radius 1 is 1.17 bits per heavy atom. The fraction of sp³-hybridized carbons (Fsp3) is 0.562. The fourth-order valence-electron chi connectivity index (χ4n) is 2.54. The van der Waals surface area contributed by atoms with E-state index in [2.05, 4.69) is 15.2 Å². The van der Waals surface area contributed by atoms with Crippen LogP contribution in [0.4, 0.5) is 5.82 Å². The van der Waals surface area contributed by atoms with Crippen molar-refractivity contribution < 1.29 is 9.59 Å². The largest absolute Gasteiger partial charge is 0.340 e. The minimum Gasteiger partial charge on any atom is -0.340 e. The first-order valence-electron chi connectivity index (χ1n) is 7.83. The Bertz CT molecular complexity index is 554. The molecule has 1 aliphatic heterocycles. The standard InChI is InChI=1S/C16H23ClN4O2/c1-11(2)16(23)21-8-6-20(7-9-21)12(3)15(22)19-14-5-4-13(17)10-18-14/h4-5,10-12H,6-9H2,1-3H3,(H,18,19,22)/t12-/m1/s1. The Morgan fingerprint density at radius 2 is 1.83 bits per heavy atom. The molecule has 1 saturated heterocycles. The monoisotopic (exact) mass is 338 g/mol. The summed E-state index contributed by atoms with van der Waals surface area (Å²) in [7, 11) is 0. The molecule has 1 aromatic rings. The molecule has 0 bridgehead atoms. The van der Waals surface area contributed by atoms with Crippen molar-refractivity contribution in [3.63, 3.8) is 0 Å². The third kappa shape index (κ3) is 4.65. The maximum Gasteiger partial charge on any atom is 0.242 e. The van der Waals surface area contributed by atoms with Crippen LogP contribution in [-0.2, 0) is 9.59 Å². The molecule has 0 aromatic carbocycles. The quantitative estimate of drug-likeness (QED) is 0.910. The lowest BCUT2D eigenvalue weighted by Gasteiger charge is -2.38. The lowest BCUT2D eigenvalue weighted by Crippen LogP contribution is -2.54. The Morgan fingerprint density at radius 3 is 2.35 bits per heavy atom. The summed E-state index contributed by atoms with van der Waals surface area (Å²) in [5.74, 6) is 0.564. The first-order chi connectivity index (χ1) is 10.9. The van der Waals surface area contributed by atoms with Gasteiger partial charge in [-0.05, 0) is 19.1 Å². The molecular weight excluding hydrogens is 316 g/mol. The molecule has 23 heavy (non-hydrogen) atoms. The number of aromatic nitrogens is 1. The molecule has 0 saturated carbocycles. The van der Waals surface area contributed by atoms with Gasteiger partial charge in [-0.25, -0.2) is 4.98 Å². The normalized spacial score (nSPS) is 17.2. The Hall–Kier alpha value is -1.66. The van der Waals surface area contributed by atoms with Crippen LogP contribution in [0.15, 0.2) is 18.3 Å². The van der Waals surface area contributed by atoms with Crippen LogP contribution in [0.3, 0.4) is 0 Å². The number of carbonyl (C=O) groups is 2. The van der Waals surface area contributed by atoms with Crippen molar-refractivity contribution in [2.75, 3.05) is 31.5 Å². The van der Waals surface area contributed by atoms with E-state index in [9.17, 15) is 9.59 Å². The van der Waals surface area contributed by atoms with Gasteiger partial charge in [0.15, 0.2) is 0 Å². The van der Waals surface area contributed by atoms with Crippen molar-refractivity contribution in [3.8, 4) is 0 Å². The van der Waals surface area contributed by atoms with Crippen LogP contribution in [0.1, 0.15) is 20.8 Å². The number of carbonyl (C=O) groups excluding carboxylic acids is 2. The Kier molecular flexibility index (Phi) is 5.96. The van der Waals surface area contributed by atoms with Gasteiger partial charge in [0.1, 0.15) is 5.82 Å². The highest BCUT2D eigenvalue weighted by atomic mass is 35.5. The molecule has 6 nitrogen and oxygen atoms in total. The molecule has 2 heterocycles. The first-order valence-corrected chi connectivity index (χ1v) is 8.21. The number of amides is 2. The number of piperazine rings is 1. The van der Waals surface area contributed by atoms with Crippen LogP contribution < -0.4 is 5.32 Å². The van der Waals surface area contributed by atoms with Gasteiger partial charge in [-0.1, -0.05) is 25.4 Å². The molecule has 1 atom stereocenters. The average molecular weight is 339 g/mol. The van der Waals surface area contributed by atoms with E-state index < -0.39 is 0 Å². The van der Waals surface area contributed by atoms with Crippen molar-refractivity contribution >= 4 is 29.2 Å². The van der Waals surface area contributed by atoms with Crippen LogP contribution in [0, 0.1) is 5.92 Å². The second-order valence-electron chi connectivity index (χ2n) is 6.04. The summed E-state index contributed by atoms with van der Waals surface area (Å²) in [5.41, 5.74) is 0. The van der Waals surface area contributed by atoms with Gasteiger partial charge in [0.2, 0.25) is 11.8 Å². The number of nitrogens with one attached hydrogen (secondary N) is 1. The van der Waals surface area contributed by atoms with Crippen molar-refractivity contribution in [2.45, 2.75) is 26.8 Å².